The topological polar surface area (TPSA) is 88.0 Å². The van der Waals surface area contributed by atoms with E-state index in [1.54, 1.807) is 13.8 Å². The van der Waals surface area contributed by atoms with Crippen LogP contribution in [0.3, 0.4) is 0 Å². The van der Waals surface area contributed by atoms with E-state index in [-0.39, 0.29) is 22.8 Å². The molecule has 26 heavy (non-hydrogen) atoms. The van der Waals surface area contributed by atoms with Crippen molar-refractivity contribution in [2.24, 2.45) is 0 Å². The third-order valence-electron chi connectivity index (χ3n) is 3.88. The lowest BCUT2D eigenvalue weighted by molar-refractivity contribution is -0.150. The Hall–Kier alpha value is -1.88. The molecule has 0 radical (unpaired) electrons. The number of benzene rings is 1. The van der Waals surface area contributed by atoms with Crippen LogP contribution in [-0.4, -0.2) is 33.0 Å². The Kier molecular flexibility index (Phi) is 5.52. The van der Waals surface area contributed by atoms with Crippen LogP contribution in [0.4, 0.5) is 27.6 Å². The summed E-state index contributed by atoms with van der Waals surface area (Å²) >= 11 is -1.57. The molecule has 1 amide bonds. The van der Waals surface area contributed by atoms with E-state index < -0.39 is 52.1 Å². The molecule has 144 valence electrons. The number of halogens is 5. The maximum absolute atomic E-state index is 14.1. The fourth-order valence-corrected chi connectivity index (χ4v) is 3.62. The second-order valence-electron chi connectivity index (χ2n) is 6.30. The number of carbonyl (C=O) groups is 1. The quantitative estimate of drug-likeness (QED) is 0.541. The third kappa shape index (κ3) is 4.44. The first-order chi connectivity index (χ1) is 11.8. The summed E-state index contributed by atoms with van der Waals surface area (Å²) in [5.74, 6) is -4.37. The first-order valence-electron chi connectivity index (χ1n) is 7.41. The van der Waals surface area contributed by atoms with Crippen molar-refractivity contribution in [3.63, 3.8) is 0 Å². The van der Waals surface area contributed by atoms with Crippen molar-refractivity contribution in [1.29, 1.82) is 5.41 Å². The van der Waals surface area contributed by atoms with E-state index >= 15 is 0 Å². The zero-order valence-corrected chi connectivity index (χ0v) is 14.6. The number of amidine groups is 1. The van der Waals surface area contributed by atoms with E-state index in [0.717, 1.165) is 6.07 Å². The molecule has 2 atom stereocenters. The maximum Gasteiger partial charge on any atom is 0.397 e. The summed E-state index contributed by atoms with van der Waals surface area (Å²) in [5, 5.41) is 12.4. The van der Waals surface area contributed by atoms with E-state index in [1.807, 2.05) is 5.32 Å². The molecule has 0 saturated carbocycles. The molecule has 2 unspecified atom stereocenters. The Morgan fingerprint density at radius 3 is 2.58 bits per heavy atom. The average molecular weight is 397 g/mol. The first kappa shape index (κ1) is 20.4. The minimum absolute atomic E-state index is 0.133. The molecule has 5 nitrogen and oxygen atoms in total. The molecule has 3 N–H and O–H groups in total. The van der Waals surface area contributed by atoms with Crippen LogP contribution in [-0.2, 0) is 16.0 Å². The highest BCUT2D eigenvalue weighted by Crippen LogP contribution is 2.32. The largest absolute Gasteiger partial charge is 0.616 e. The maximum atomic E-state index is 14.1. The highest BCUT2D eigenvalue weighted by molar-refractivity contribution is 7.93. The smallest absolute Gasteiger partial charge is 0.397 e. The summed E-state index contributed by atoms with van der Waals surface area (Å²) in [7, 11) is 0. The third-order valence-corrected chi connectivity index (χ3v) is 5.86. The minimum atomic E-state index is -4.74. The number of carbonyl (C=O) groups excluding carboxylic acids is 1. The summed E-state index contributed by atoms with van der Waals surface area (Å²) in [4.78, 5) is 11.4. The van der Waals surface area contributed by atoms with Gasteiger partial charge in [-0.1, -0.05) is 0 Å². The second-order valence-corrected chi connectivity index (χ2v) is 8.34. The molecule has 1 aliphatic heterocycles. The molecule has 0 spiro atoms. The Bertz CT molecular complexity index is 739. The van der Waals surface area contributed by atoms with Crippen molar-refractivity contribution in [3.8, 4) is 0 Å². The van der Waals surface area contributed by atoms with Gasteiger partial charge in [-0.3, -0.25) is 10.2 Å². The van der Waals surface area contributed by atoms with Crippen molar-refractivity contribution in [2.45, 2.75) is 37.2 Å². The van der Waals surface area contributed by atoms with Crippen molar-refractivity contribution >= 4 is 28.6 Å². The molecule has 1 fully saturated rings. The number of hydrogen-bond donors (Lipinski definition) is 3. The van der Waals surface area contributed by atoms with Crippen LogP contribution in [0.1, 0.15) is 31.9 Å². The van der Waals surface area contributed by atoms with Gasteiger partial charge in [-0.2, -0.15) is 13.2 Å². The zero-order valence-electron chi connectivity index (χ0n) is 13.8. The predicted octanol–water partition coefficient (Wildman–Crippen LogP) is 3.00. The van der Waals surface area contributed by atoms with E-state index in [1.165, 1.54) is 0 Å². The lowest BCUT2D eigenvalue weighted by Gasteiger charge is -2.38. The van der Waals surface area contributed by atoms with Gasteiger partial charge in [-0.05, 0) is 31.1 Å². The van der Waals surface area contributed by atoms with E-state index in [2.05, 4.69) is 5.32 Å². The molecule has 1 saturated heterocycles. The predicted molar refractivity (Wildman–Crippen MR) is 86.4 cm³/mol. The van der Waals surface area contributed by atoms with Crippen molar-refractivity contribution in [2.75, 3.05) is 11.1 Å². The summed E-state index contributed by atoms with van der Waals surface area (Å²) in [6, 6.07) is 0.500. The molecular formula is C15H16F5N3O2S. The van der Waals surface area contributed by atoms with Crippen LogP contribution in [0.25, 0.3) is 0 Å². The Morgan fingerprint density at radius 1 is 1.42 bits per heavy atom. The van der Waals surface area contributed by atoms with Gasteiger partial charge in [0.25, 0.3) is 0 Å². The molecule has 1 aliphatic rings. The monoisotopic (exact) mass is 397 g/mol. The zero-order chi connectivity index (χ0) is 19.9. The normalized spacial score (nSPS) is 22.7. The van der Waals surface area contributed by atoms with Crippen LogP contribution in [0.15, 0.2) is 12.1 Å². The van der Waals surface area contributed by atoms with Crippen LogP contribution in [0.2, 0.25) is 0 Å². The van der Waals surface area contributed by atoms with Gasteiger partial charge in [0, 0.05) is 17.3 Å². The van der Waals surface area contributed by atoms with Gasteiger partial charge in [0.15, 0.2) is 22.2 Å². The molecule has 0 aliphatic carbocycles. The summed E-state index contributed by atoms with van der Waals surface area (Å²) in [5.41, 5.74) is -0.696. The number of nitrogens with one attached hydrogen (secondary N) is 3. The summed E-state index contributed by atoms with van der Waals surface area (Å²) < 4.78 is 75.9. The first-order valence-corrected chi connectivity index (χ1v) is 8.72. The van der Waals surface area contributed by atoms with E-state index in [9.17, 15) is 31.3 Å². The lowest BCUT2D eigenvalue weighted by atomic mass is 10.0. The Balaban J connectivity index is 2.28. The molecule has 2 rings (SSSR count). The van der Waals surface area contributed by atoms with Crippen molar-refractivity contribution in [1.82, 2.24) is 5.32 Å². The van der Waals surface area contributed by atoms with Gasteiger partial charge < -0.3 is 15.2 Å². The van der Waals surface area contributed by atoms with E-state index in [4.69, 9.17) is 5.41 Å². The van der Waals surface area contributed by atoms with Crippen LogP contribution < -0.4 is 10.6 Å². The molecule has 0 bridgehead atoms. The van der Waals surface area contributed by atoms with Gasteiger partial charge in [0.2, 0.25) is 5.91 Å². The van der Waals surface area contributed by atoms with Gasteiger partial charge in [-0.25, -0.2) is 8.78 Å². The Morgan fingerprint density at radius 2 is 2.04 bits per heavy atom. The molecule has 1 aromatic carbocycles. The minimum Gasteiger partial charge on any atom is -0.616 e. The van der Waals surface area contributed by atoms with Gasteiger partial charge in [0.05, 0.1) is 0 Å². The molecule has 1 aromatic rings. The molecule has 1 heterocycles. The molecule has 0 aromatic heterocycles. The highest BCUT2D eigenvalue weighted by Gasteiger charge is 2.45. The second kappa shape index (κ2) is 7.03. The highest BCUT2D eigenvalue weighted by atomic mass is 32.2. The van der Waals surface area contributed by atoms with Gasteiger partial charge in [0.1, 0.15) is 18.2 Å². The molecule has 11 heteroatoms. The van der Waals surface area contributed by atoms with Crippen LogP contribution in [0, 0.1) is 17.0 Å². The van der Waals surface area contributed by atoms with Crippen LogP contribution >= 0.6 is 0 Å². The average Bonchev–Trinajstić information content (AvgIpc) is 2.46. The number of alkyl halides is 3. The number of amides is 1. The molecular weight excluding hydrogens is 381 g/mol. The Labute approximate surface area is 149 Å². The fourth-order valence-electron chi connectivity index (χ4n) is 2.35. The van der Waals surface area contributed by atoms with E-state index in [0.29, 0.717) is 6.07 Å². The van der Waals surface area contributed by atoms with Gasteiger partial charge in [-0.15, -0.1) is 0 Å². The lowest BCUT2D eigenvalue weighted by Crippen LogP contribution is -2.56. The number of anilines is 1. The van der Waals surface area contributed by atoms with Crippen molar-refractivity contribution < 1.29 is 31.3 Å². The summed E-state index contributed by atoms with van der Waals surface area (Å²) in [6.07, 6.45) is -6.51. The van der Waals surface area contributed by atoms with Gasteiger partial charge >= 0.3 is 6.18 Å². The summed E-state index contributed by atoms with van der Waals surface area (Å²) in [6.45, 7) is 3.11. The number of hydrogen-bond acceptors (Lipinski definition) is 3. The number of rotatable bonds is 3. The fraction of sp³-hybridized carbons (Fsp3) is 0.467. The standard InChI is InChI=1S/C15H16F5N3O2S/c1-14(2)13(21)23-10(6-26(14)25)8-3-7(4-9(16)12(8)17)22-11(24)5-15(18,19)20/h3-4,10H,5-6H2,1-2H3,(H2,21,23)(H,22,24). The van der Waals surface area contributed by atoms with Crippen molar-refractivity contribution in [3.05, 3.63) is 29.3 Å². The SMILES string of the molecule is CC1(C)C(=N)NC(c2cc(NC(=O)CC(F)(F)F)cc(F)c2F)C[S+]1[O-]. The van der Waals surface area contributed by atoms with Crippen LogP contribution in [0.5, 0.6) is 0 Å².